The number of rotatable bonds is 1. The van der Waals surface area contributed by atoms with E-state index in [9.17, 15) is 4.79 Å². The minimum absolute atomic E-state index is 0.0394. The summed E-state index contributed by atoms with van der Waals surface area (Å²) in [6, 6.07) is 7.60. The summed E-state index contributed by atoms with van der Waals surface area (Å²) in [4.78, 5) is 11.3. The fourth-order valence-electron chi connectivity index (χ4n) is 1.38. The Morgan fingerprint density at radius 2 is 2.00 bits per heavy atom. The normalized spacial score (nSPS) is 26.2. The molecule has 2 rings (SSSR count). The number of carbonyl (C=O) groups excluding carboxylic acids is 1. The maximum Gasteiger partial charge on any atom is 0.234 e. The van der Waals surface area contributed by atoms with Gasteiger partial charge in [-0.1, -0.05) is 12.1 Å². The summed E-state index contributed by atoms with van der Waals surface area (Å²) in [5.41, 5.74) is 7.43. The summed E-state index contributed by atoms with van der Waals surface area (Å²) in [5, 5.41) is 3.04. The average Bonchev–Trinajstić information content (AvgIpc) is 2.48. The van der Waals surface area contributed by atoms with Gasteiger partial charge < -0.3 is 11.1 Å². The predicted molar refractivity (Wildman–Crippen MR) is 58.8 cm³/mol. The van der Waals surface area contributed by atoms with Gasteiger partial charge in [0.15, 0.2) is 0 Å². The van der Waals surface area contributed by atoms with E-state index in [0.717, 1.165) is 11.3 Å². The highest BCUT2D eigenvalue weighted by molar-refractivity contribution is 8.01. The third-order valence-electron chi connectivity index (χ3n) is 2.22. The van der Waals surface area contributed by atoms with Crippen LogP contribution in [0.3, 0.4) is 0 Å². The van der Waals surface area contributed by atoms with Gasteiger partial charge in [0.05, 0.1) is 5.25 Å². The van der Waals surface area contributed by atoms with Crippen LogP contribution in [0.1, 0.15) is 17.9 Å². The van der Waals surface area contributed by atoms with Gasteiger partial charge in [0.2, 0.25) is 5.91 Å². The van der Waals surface area contributed by atoms with Crippen molar-refractivity contribution in [2.75, 3.05) is 5.73 Å². The summed E-state index contributed by atoms with van der Waals surface area (Å²) in [6.07, 6.45) is 0. The number of hydrogen-bond donors (Lipinski definition) is 2. The Labute approximate surface area is 87.1 Å². The highest BCUT2D eigenvalue weighted by Gasteiger charge is 2.29. The van der Waals surface area contributed by atoms with E-state index in [1.54, 1.807) is 11.8 Å². The number of benzene rings is 1. The molecule has 0 saturated carbocycles. The third kappa shape index (κ3) is 1.70. The van der Waals surface area contributed by atoms with E-state index < -0.39 is 0 Å². The first-order chi connectivity index (χ1) is 6.66. The van der Waals surface area contributed by atoms with Crippen molar-refractivity contribution in [2.45, 2.75) is 17.5 Å². The molecule has 3 N–H and O–H groups in total. The summed E-state index contributed by atoms with van der Waals surface area (Å²) in [6.45, 7) is 1.91. The van der Waals surface area contributed by atoms with Crippen molar-refractivity contribution in [3.05, 3.63) is 29.8 Å². The predicted octanol–water partition coefficient (Wildman–Crippen LogP) is 1.52. The Hall–Kier alpha value is -1.16. The van der Waals surface area contributed by atoms with Crippen LogP contribution in [-0.4, -0.2) is 11.2 Å². The van der Waals surface area contributed by atoms with Crippen LogP contribution in [0.2, 0.25) is 0 Å². The monoisotopic (exact) mass is 208 g/mol. The van der Waals surface area contributed by atoms with Crippen LogP contribution in [0.4, 0.5) is 5.69 Å². The lowest BCUT2D eigenvalue weighted by Gasteiger charge is -2.09. The van der Waals surface area contributed by atoms with Crippen LogP contribution >= 0.6 is 11.8 Å². The molecule has 4 heteroatoms. The van der Waals surface area contributed by atoms with Gasteiger partial charge >= 0.3 is 0 Å². The Kier molecular flexibility index (Phi) is 2.37. The number of nitrogens with one attached hydrogen (secondary N) is 1. The molecule has 1 aromatic rings. The SMILES string of the molecule is C[C@@H]1S[C@@H](c2ccc(N)cc2)NC1=O. The molecule has 74 valence electrons. The standard InChI is InChI=1S/C10H12N2OS/c1-6-9(13)12-10(14-6)7-2-4-8(11)5-3-7/h2-6,10H,11H2,1H3,(H,12,13)/t6-,10-/m0/s1. The van der Waals surface area contributed by atoms with E-state index in [0.29, 0.717) is 0 Å². The molecule has 2 atom stereocenters. The summed E-state index contributed by atoms with van der Waals surface area (Å²) < 4.78 is 0. The van der Waals surface area contributed by atoms with Gasteiger partial charge in [-0.05, 0) is 24.6 Å². The van der Waals surface area contributed by atoms with Crippen LogP contribution in [-0.2, 0) is 4.79 Å². The topological polar surface area (TPSA) is 55.1 Å². The maximum absolute atomic E-state index is 11.3. The Morgan fingerprint density at radius 3 is 2.50 bits per heavy atom. The number of anilines is 1. The molecule has 0 spiro atoms. The molecular weight excluding hydrogens is 196 g/mol. The van der Waals surface area contributed by atoms with Crippen molar-refractivity contribution in [3.8, 4) is 0 Å². The molecule has 1 saturated heterocycles. The minimum atomic E-state index is 0.0394. The third-order valence-corrected chi connectivity index (χ3v) is 3.51. The maximum atomic E-state index is 11.3. The van der Waals surface area contributed by atoms with E-state index >= 15 is 0 Å². The van der Waals surface area contributed by atoms with Gasteiger partial charge in [0.1, 0.15) is 5.37 Å². The molecule has 0 bridgehead atoms. The fourth-order valence-corrected chi connectivity index (χ4v) is 2.48. The summed E-state index contributed by atoms with van der Waals surface area (Å²) in [5.74, 6) is 0.108. The van der Waals surface area contributed by atoms with Crippen LogP contribution in [0.25, 0.3) is 0 Å². The van der Waals surface area contributed by atoms with Gasteiger partial charge in [0, 0.05) is 5.69 Å². The molecule has 0 unspecified atom stereocenters. The number of nitrogens with two attached hydrogens (primary N) is 1. The lowest BCUT2D eigenvalue weighted by molar-refractivity contribution is -0.119. The molecule has 1 aliphatic rings. The quantitative estimate of drug-likeness (QED) is 0.688. The number of hydrogen-bond acceptors (Lipinski definition) is 3. The van der Waals surface area contributed by atoms with Crippen LogP contribution in [0.15, 0.2) is 24.3 Å². The largest absolute Gasteiger partial charge is 0.399 e. The smallest absolute Gasteiger partial charge is 0.234 e. The zero-order valence-corrected chi connectivity index (χ0v) is 8.67. The second-order valence-corrected chi connectivity index (χ2v) is 4.78. The molecule has 1 heterocycles. The zero-order chi connectivity index (χ0) is 10.1. The van der Waals surface area contributed by atoms with E-state index in [1.807, 2.05) is 31.2 Å². The number of thioether (sulfide) groups is 1. The highest BCUT2D eigenvalue weighted by atomic mass is 32.2. The fraction of sp³-hybridized carbons (Fsp3) is 0.300. The first kappa shape index (κ1) is 9.40. The number of amides is 1. The highest BCUT2D eigenvalue weighted by Crippen LogP contribution is 2.35. The Morgan fingerprint density at radius 1 is 1.36 bits per heavy atom. The zero-order valence-electron chi connectivity index (χ0n) is 7.86. The lowest BCUT2D eigenvalue weighted by atomic mass is 10.2. The average molecular weight is 208 g/mol. The van der Waals surface area contributed by atoms with Crippen molar-refractivity contribution in [3.63, 3.8) is 0 Å². The van der Waals surface area contributed by atoms with E-state index in [1.165, 1.54) is 0 Å². The van der Waals surface area contributed by atoms with Gasteiger partial charge in [-0.2, -0.15) is 0 Å². The Balaban J connectivity index is 2.17. The molecular formula is C10H12N2OS. The van der Waals surface area contributed by atoms with Crippen LogP contribution in [0, 0.1) is 0 Å². The molecule has 1 aromatic carbocycles. The van der Waals surface area contributed by atoms with Gasteiger partial charge in [-0.3, -0.25) is 4.79 Å². The van der Waals surface area contributed by atoms with Crippen molar-refractivity contribution in [2.24, 2.45) is 0 Å². The lowest BCUT2D eigenvalue weighted by Crippen LogP contribution is -2.22. The first-order valence-corrected chi connectivity index (χ1v) is 5.42. The van der Waals surface area contributed by atoms with E-state index in [-0.39, 0.29) is 16.5 Å². The number of nitrogen functional groups attached to an aromatic ring is 1. The van der Waals surface area contributed by atoms with Gasteiger partial charge in [-0.15, -0.1) is 11.8 Å². The second-order valence-electron chi connectivity index (χ2n) is 3.33. The summed E-state index contributed by atoms with van der Waals surface area (Å²) >= 11 is 1.63. The van der Waals surface area contributed by atoms with E-state index in [4.69, 9.17) is 5.73 Å². The minimum Gasteiger partial charge on any atom is -0.399 e. The molecule has 1 aliphatic heterocycles. The molecule has 0 aliphatic carbocycles. The molecule has 1 amide bonds. The first-order valence-electron chi connectivity index (χ1n) is 4.48. The molecule has 0 aromatic heterocycles. The molecule has 14 heavy (non-hydrogen) atoms. The van der Waals surface area contributed by atoms with Gasteiger partial charge in [0.25, 0.3) is 0 Å². The van der Waals surface area contributed by atoms with Crippen LogP contribution in [0.5, 0.6) is 0 Å². The second kappa shape index (κ2) is 3.53. The number of carbonyl (C=O) groups is 1. The van der Waals surface area contributed by atoms with Crippen molar-refractivity contribution >= 4 is 23.4 Å². The molecule has 1 fully saturated rings. The Bertz CT molecular complexity index is 350. The van der Waals surface area contributed by atoms with Crippen molar-refractivity contribution in [1.82, 2.24) is 5.32 Å². The van der Waals surface area contributed by atoms with E-state index in [2.05, 4.69) is 5.32 Å². The van der Waals surface area contributed by atoms with Gasteiger partial charge in [-0.25, -0.2) is 0 Å². The van der Waals surface area contributed by atoms with Crippen molar-refractivity contribution in [1.29, 1.82) is 0 Å². The van der Waals surface area contributed by atoms with Crippen LogP contribution < -0.4 is 11.1 Å². The molecule has 3 nitrogen and oxygen atoms in total. The van der Waals surface area contributed by atoms with Crippen molar-refractivity contribution < 1.29 is 4.79 Å². The summed E-state index contributed by atoms with van der Waals surface area (Å²) in [7, 11) is 0. The molecule has 0 radical (unpaired) electrons.